The lowest BCUT2D eigenvalue weighted by molar-refractivity contribution is 0.120. The number of halogens is 1. The van der Waals surface area contributed by atoms with Crippen LogP contribution in [0, 0.1) is 0 Å². The van der Waals surface area contributed by atoms with Gasteiger partial charge in [-0.05, 0) is 37.2 Å². The van der Waals surface area contributed by atoms with Crippen molar-refractivity contribution in [3.63, 3.8) is 0 Å². The van der Waals surface area contributed by atoms with Gasteiger partial charge >= 0.3 is 0 Å². The van der Waals surface area contributed by atoms with E-state index in [1.54, 1.807) is 11.8 Å². The molecule has 3 aliphatic rings. The number of piperazine rings is 1. The molecule has 0 unspecified atom stereocenters. The van der Waals surface area contributed by atoms with Crippen LogP contribution >= 0.6 is 23.4 Å². The summed E-state index contributed by atoms with van der Waals surface area (Å²) in [5.74, 6) is 0.933. The molecular formula is C22H32ClN5S. The molecule has 5 nitrogen and oxygen atoms in total. The highest BCUT2D eigenvalue weighted by atomic mass is 35.5. The van der Waals surface area contributed by atoms with Crippen LogP contribution in [0.5, 0.6) is 0 Å². The van der Waals surface area contributed by atoms with E-state index in [9.17, 15) is 0 Å². The molecule has 1 aromatic heterocycles. The molecule has 0 amide bonds. The van der Waals surface area contributed by atoms with E-state index < -0.39 is 0 Å². The first-order valence-corrected chi connectivity index (χ1v) is 12.5. The van der Waals surface area contributed by atoms with Crippen molar-refractivity contribution >= 4 is 29.3 Å². The average molecular weight is 434 g/mol. The fourth-order valence-electron chi connectivity index (χ4n) is 4.31. The summed E-state index contributed by atoms with van der Waals surface area (Å²) in [6.45, 7) is 7.47. The Kier molecular flexibility index (Phi) is 7.51. The number of hydrogen-bond donors (Lipinski definition) is 0. The molecular weight excluding hydrogens is 402 g/mol. The molecule has 1 aromatic rings. The predicted molar refractivity (Wildman–Crippen MR) is 124 cm³/mol. The lowest BCUT2D eigenvalue weighted by atomic mass is 9.91. The van der Waals surface area contributed by atoms with Crippen molar-refractivity contribution in [3.05, 3.63) is 40.0 Å². The van der Waals surface area contributed by atoms with E-state index in [4.69, 9.17) is 21.6 Å². The van der Waals surface area contributed by atoms with Gasteiger partial charge in [0, 0.05) is 64.5 Å². The fourth-order valence-corrected chi connectivity index (χ4v) is 4.59. The van der Waals surface area contributed by atoms with E-state index in [1.165, 1.54) is 30.5 Å². The van der Waals surface area contributed by atoms with Crippen molar-refractivity contribution in [2.45, 2.75) is 38.1 Å². The van der Waals surface area contributed by atoms with Crippen LogP contribution in [-0.4, -0.2) is 77.9 Å². The number of fused-ring (bicyclic) bond motifs is 1. The molecule has 0 radical (unpaired) electrons. The minimum absolute atomic E-state index is 0.820. The van der Waals surface area contributed by atoms with Gasteiger partial charge in [-0.1, -0.05) is 30.2 Å². The molecule has 0 N–H and O–H groups in total. The molecule has 0 atom stereocenters. The zero-order valence-corrected chi connectivity index (χ0v) is 19.0. The number of aromatic nitrogens is 2. The normalized spacial score (nSPS) is 22.6. The maximum Gasteiger partial charge on any atom is 0.225 e. The second-order valence-electron chi connectivity index (χ2n) is 8.15. The standard InChI is InChI=1S/C22H32ClN5S/c1-29-21(23)7-2-3-10-26-11-8-18-17-24-22(25-20(18)9-12-26)28-15-13-27(14-16-28)19-5-4-6-19/h2-3,7,17,19H,4-6,8-16H2,1H3/b3-2+,21-7-. The van der Waals surface area contributed by atoms with Crippen LogP contribution < -0.4 is 4.90 Å². The first-order valence-electron chi connectivity index (χ1n) is 10.9. The quantitative estimate of drug-likeness (QED) is 0.638. The highest BCUT2D eigenvalue weighted by Crippen LogP contribution is 2.26. The Labute approximate surface area is 184 Å². The number of hydrogen-bond acceptors (Lipinski definition) is 6. The van der Waals surface area contributed by atoms with Crippen molar-refractivity contribution in [2.75, 3.05) is 57.0 Å². The molecule has 2 aliphatic heterocycles. The van der Waals surface area contributed by atoms with Crippen LogP contribution in [0.3, 0.4) is 0 Å². The Morgan fingerprint density at radius 1 is 1.17 bits per heavy atom. The van der Waals surface area contributed by atoms with Crippen LogP contribution in [0.15, 0.2) is 28.8 Å². The molecule has 1 saturated heterocycles. The van der Waals surface area contributed by atoms with Gasteiger partial charge in [0.05, 0.1) is 10.1 Å². The number of allylic oxidation sites excluding steroid dienone is 2. The molecule has 4 rings (SSSR count). The second-order valence-corrected chi connectivity index (χ2v) is 9.63. The van der Waals surface area contributed by atoms with Gasteiger partial charge < -0.3 is 4.90 Å². The van der Waals surface area contributed by atoms with E-state index in [0.717, 1.165) is 75.0 Å². The van der Waals surface area contributed by atoms with Crippen LogP contribution in [-0.2, 0) is 12.8 Å². The van der Waals surface area contributed by atoms with E-state index in [-0.39, 0.29) is 0 Å². The van der Waals surface area contributed by atoms with Crippen molar-refractivity contribution in [1.29, 1.82) is 0 Å². The zero-order chi connectivity index (χ0) is 20.1. The Morgan fingerprint density at radius 3 is 2.69 bits per heavy atom. The molecule has 3 heterocycles. The molecule has 0 aromatic carbocycles. The largest absolute Gasteiger partial charge is 0.338 e. The maximum atomic E-state index is 6.02. The lowest BCUT2D eigenvalue weighted by Gasteiger charge is -2.43. The summed E-state index contributed by atoms with van der Waals surface area (Å²) in [4.78, 5) is 17.2. The fraction of sp³-hybridized carbons (Fsp3) is 0.636. The van der Waals surface area contributed by atoms with E-state index in [2.05, 4.69) is 33.0 Å². The van der Waals surface area contributed by atoms with Crippen LogP contribution in [0.1, 0.15) is 30.5 Å². The summed E-state index contributed by atoms with van der Waals surface area (Å²) < 4.78 is 0.820. The summed E-state index contributed by atoms with van der Waals surface area (Å²) in [6.07, 6.45) is 16.5. The van der Waals surface area contributed by atoms with Crippen LogP contribution in [0.2, 0.25) is 0 Å². The van der Waals surface area contributed by atoms with Gasteiger partial charge in [-0.2, -0.15) is 0 Å². The highest BCUT2D eigenvalue weighted by molar-refractivity contribution is 8.03. The van der Waals surface area contributed by atoms with Crippen molar-refractivity contribution in [3.8, 4) is 0 Å². The zero-order valence-electron chi connectivity index (χ0n) is 17.4. The SMILES string of the molecule is CS/C(Cl)=C\C=C\CN1CCc2cnc(N3CCN(C4CCC4)CC3)nc2CC1. The summed E-state index contributed by atoms with van der Waals surface area (Å²) in [7, 11) is 0. The topological polar surface area (TPSA) is 35.5 Å². The number of thioether (sulfide) groups is 1. The second kappa shape index (κ2) is 10.3. The number of nitrogens with zero attached hydrogens (tertiary/aromatic N) is 5. The lowest BCUT2D eigenvalue weighted by Crippen LogP contribution is -2.52. The number of rotatable bonds is 6. The smallest absolute Gasteiger partial charge is 0.225 e. The Morgan fingerprint density at radius 2 is 1.97 bits per heavy atom. The maximum absolute atomic E-state index is 6.02. The molecule has 1 saturated carbocycles. The van der Waals surface area contributed by atoms with Crippen molar-refractivity contribution in [1.82, 2.24) is 19.8 Å². The summed E-state index contributed by atoms with van der Waals surface area (Å²) in [6, 6.07) is 0.845. The molecule has 2 fully saturated rings. The number of anilines is 1. The molecule has 0 bridgehead atoms. The predicted octanol–water partition coefficient (Wildman–Crippen LogP) is 3.55. The molecule has 29 heavy (non-hydrogen) atoms. The van der Waals surface area contributed by atoms with E-state index >= 15 is 0 Å². The van der Waals surface area contributed by atoms with E-state index in [0.29, 0.717) is 0 Å². The first kappa shape index (κ1) is 21.2. The monoisotopic (exact) mass is 433 g/mol. The van der Waals surface area contributed by atoms with Gasteiger partial charge in [0.15, 0.2) is 0 Å². The Hall–Kier alpha value is -1.08. The van der Waals surface area contributed by atoms with Crippen LogP contribution in [0.25, 0.3) is 0 Å². The summed E-state index contributed by atoms with van der Waals surface area (Å²) in [5, 5.41) is 0. The Bertz CT molecular complexity index is 741. The van der Waals surface area contributed by atoms with Crippen molar-refractivity contribution < 1.29 is 0 Å². The molecule has 0 spiro atoms. The minimum Gasteiger partial charge on any atom is -0.338 e. The molecule has 1 aliphatic carbocycles. The third-order valence-electron chi connectivity index (χ3n) is 6.41. The third kappa shape index (κ3) is 5.54. The third-order valence-corrected chi connectivity index (χ3v) is 7.53. The Balaban J connectivity index is 1.31. The minimum atomic E-state index is 0.820. The van der Waals surface area contributed by atoms with Crippen molar-refractivity contribution in [2.24, 2.45) is 0 Å². The van der Waals surface area contributed by atoms with Gasteiger partial charge in [0.1, 0.15) is 0 Å². The summed E-state index contributed by atoms with van der Waals surface area (Å²) >= 11 is 7.59. The molecule has 7 heteroatoms. The van der Waals surface area contributed by atoms with E-state index in [1.807, 2.05) is 12.3 Å². The van der Waals surface area contributed by atoms with Gasteiger partial charge in [-0.25, -0.2) is 9.97 Å². The first-order chi connectivity index (χ1) is 14.2. The van der Waals surface area contributed by atoms with Gasteiger partial charge in [0.25, 0.3) is 0 Å². The van der Waals surface area contributed by atoms with Crippen LogP contribution in [0.4, 0.5) is 5.95 Å². The van der Waals surface area contributed by atoms with Gasteiger partial charge in [0.2, 0.25) is 5.95 Å². The average Bonchev–Trinajstić information content (AvgIpc) is 2.92. The highest BCUT2D eigenvalue weighted by Gasteiger charge is 2.28. The van der Waals surface area contributed by atoms with Gasteiger partial charge in [-0.15, -0.1) is 11.8 Å². The summed E-state index contributed by atoms with van der Waals surface area (Å²) in [5.41, 5.74) is 2.56. The molecule has 158 valence electrons. The van der Waals surface area contributed by atoms with Gasteiger partial charge in [-0.3, -0.25) is 9.80 Å².